The molecule has 2 aromatic heterocycles. The first-order valence-electron chi connectivity index (χ1n) is 21.2. The van der Waals surface area contributed by atoms with Gasteiger partial charge >= 0.3 is 0 Å². The highest BCUT2D eigenvalue weighted by Gasteiger charge is 2.24. The topological polar surface area (TPSA) is 9.86 Å². The lowest BCUT2D eigenvalue weighted by molar-refractivity contribution is 0.635. The Hall–Kier alpha value is -6.90. The first-order chi connectivity index (χ1) is 29.1. The second kappa shape index (κ2) is 14.5. The Morgan fingerprint density at radius 3 is 1.95 bits per heavy atom. The molecule has 0 saturated carbocycles. The van der Waals surface area contributed by atoms with E-state index >= 15 is 0 Å². The molecule has 0 fully saturated rings. The van der Waals surface area contributed by atoms with Crippen molar-refractivity contribution in [2.45, 2.75) is 32.6 Å². The number of nitrogens with zero attached hydrogens (tertiary/aromatic N) is 2. The summed E-state index contributed by atoms with van der Waals surface area (Å²) in [4.78, 5) is 0. The Bertz CT molecular complexity index is 3100. The van der Waals surface area contributed by atoms with Crippen molar-refractivity contribution in [2.75, 3.05) is 0 Å². The van der Waals surface area contributed by atoms with Crippen molar-refractivity contribution in [2.24, 2.45) is 11.8 Å². The van der Waals surface area contributed by atoms with E-state index in [9.17, 15) is 0 Å². The summed E-state index contributed by atoms with van der Waals surface area (Å²) in [7, 11) is 0. The van der Waals surface area contributed by atoms with Crippen LogP contribution < -0.4 is 0 Å². The van der Waals surface area contributed by atoms with Gasteiger partial charge in [0.2, 0.25) is 0 Å². The average molecular weight is 759 g/mol. The second-order valence-corrected chi connectivity index (χ2v) is 16.6. The van der Waals surface area contributed by atoms with E-state index in [1.165, 1.54) is 82.9 Å². The maximum atomic E-state index is 2.55. The smallest absolute Gasteiger partial charge is 0.0788 e. The van der Waals surface area contributed by atoms with E-state index in [4.69, 9.17) is 0 Å². The molecule has 0 radical (unpaired) electrons. The third kappa shape index (κ3) is 6.10. The molecular formula is C57H46N2. The maximum absolute atomic E-state index is 2.55. The summed E-state index contributed by atoms with van der Waals surface area (Å²) in [6, 6.07) is 50.1. The number of para-hydroxylation sites is 2. The van der Waals surface area contributed by atoms with Gasteiger partial charge < -0.3 is 9.13 Å². The largest absolute Gasteiger partial charge is 0.307 e. The summed E-state index contributed by atoms with van der Waals surface area (Å²) in [5, 5.41) is 3.76. The molecule has 2 heteroatoms. The summed E-state index contributed by atoms with van der Waals surface area (Å²) in [5.74, 6) is 1.44. The van der Waals surface area contributed by atoms with Crippen LogP contribution in [0.2, 0.25) is 0 Å². The van der Waals surface area contributed by atoms with Gasteiger partial charge in [-0.2, -0.15) is 0 Å². The second-order valence-electron chi connectivity index (χ2n) is 16.6. The zero-order chi connectivity index (χ0) is 39.5. The van der Waals surface area contributed by atoms with Crippen LogP contribution in [0.4, 0.5) is 0 Å². The molecular weight excluding hydrogens is 713 g/mol. The van der Waals surface area contributed by atoms with E-state index in [-0.39, 0.29) is 0 Å². The minimum Gasteiger partial charge on any atom is -0.307 e. The predicted molar refractivity (Wildman–Crippen MR) is 252 cm³/mol. The highest BCUT2D eigenvalue weighted by atomic mass is 15.0. The monoisotopic (exact) mass is 758 g/mol. The van der Waals surface area contributed by atoms with Crippen LogP contribution in [0.3, 0.4) is 0 Å². The van der Waals surface area contributed by atoms with Gasteiger partial charge in [-0.25, -0.2) is 0 Å². The van der Waals surface area contributed by atoms with Gasteiger partial charge in [0.15, 0.2) is 0 Å². The van der Waals surface area contributed by atoms with Crippen molar-refractivity contribution >= 4 is 50.4 Å². The summed E-state index contributed by atoms with van der Waals surface area (Å²) in [6.07, 6.45) is 27.2. The highest BCUT2D eigenvalue weighted by Crippen LogP contribution is 2.43. The Morgan fingerprint density at radius 2 is 1.19 bits per heavy atom. The fourth-order valence-corrected chi connectivity index (χ4v) is 9.66. The van der Waals surface area contributed by atoms with Gasteiger partial charge in [0.1, 0.15) is 0 Å². The average Bonchev–Trinajstić information content (AvgIpc) is 3.67. The number of allylic oxidation sites excluding steroid dienone is 10. The molecule has 0 amide bonds. The zero-order valence-corrected chi connectivity index (χ0v) is 33.6. The molecule has 0 bridgehead atoms. The molecule has 11 rings (SSSR count). The molecule has 0 N–H and O–H groups in total. The number of hydrogen-bond acceptors (Lipinski definition) is 0. The third-order valence-corrected chi connectivity index (χ3v) is 12.8. The van der Waals surface area contributed by atoms with Crippen LogP contribution in [0.1, 0.15) is 55.0 Å². The van der Waals surface area contributed by atoms with Crippen molar-refractivity contribution < 1.29 is 0 Å². The maximum Gasteiger partial charge on any atom is 0.0788 e. The molecule has 8 aromatic rings. The molecule has 3 atom stereocenters. The molecule has 284 valence electrons. The van der Waals surface area contributed by atoms with Crippen LogP contribution in [0.5, 0.6) is 0 Å². The summed E-state index contributed by atoms with van der Waals surface area (Å²) >= 11 is 0. The lowest BCUT2D eigenvalue weighted by Crippen LogP contribution is -2.07. The number of fused-ring (bicyclic) bond motifs is 7. The van der Waals surface area contributed by atoms with E-state index < -0.39 is 0 Å². The fraction of sp³-hybridized carbons (Fsp3) is 0.123. The Balaban J connectivity index is 1.17. The molecule has 0 spiro atoms. The zero-order valence-electron chi connectivity index (χ0n) is 33.6. The van der Waals surface area contributed by atoms with Crippen LogP contribution >= 0.6 is 0 Å². The first kappa shape index (κ1) is 35.3. The molecule has 3 unspecified atom stereocenters. The summed E-state index contributed by atoms with van der Waals surface area (Å²) in [6.45, 7) is 4.59. The van der Waals surface area contributed by atoms with E-state index in [0.29, 0.717) is 17.8 Å². The van der Waals surface area contributed by atoms with Crippen molar-refractivity contribution in [3.63, 3.8) is 0 Å². The van der Waals surface area contributed by atoms with Crippen molar-refractivity contribution in [3.05, 3.63) is 211 Å². The molecule has 0 saturated heterocycles. The quantitative estimate of drug-likeness (QED) is 0.160. The normalized spacial score (nSPS) is 18.5. The first-order valence-corrected chi connectivity index (χ1v) is 21.2. The van der Waals surface area contributed by atoms with Crippen LogP contribution in [-0.2, 0) is 0 Å². The molecule has 3 aliphatic rings. The number of rotatable bonds is 6. The van der Waals surface area contributed by atoms with Gasteiger partial charge in [0.05, 0.1) is 22.2 Å². The van der Waals surface area contributed by atoms with E-state index in [1.54, 1.807) is 0 Å². The Labute approximate surface area is 346 Å². The van der Waals surface area contributed by atoms with E-state index in [1.807, 2.05) is 0 Å². The molecule has 2 nitrogen and oxygen atoms in total. The minimum atomic E-state index is 0.382. The van der Waals surface area contributed by atoms with Gasteiger partial charge in [-0.15, -0.1) is 0 Å². The van der Waals surface area contributed by atoms with Crippen molar-refractivity contribution in [1.82, 2.24) is 9.13 Å². The van der Waals surface area contributed by atoms with Crippen molar-refractivity contribution in [3.8, 4) is 33.6 Å². The SMILES string of the molecule is CC1C=CC(c2ccc(-c3cc(-c4ccc(C5C=CC=CC5C)cc4)cc(-n4c5c(c6ccc7c8ccccc8n(-c8ccccc8)c7c64)C=CCC=C5)c3)cc2)=CC1. The van der Waals surface area contributed by atoms with Crippen molar-refractivity contribution in [1.29, 1.82) is 0 Å². The minimum absolute atomic E-state index is 0.382. The Morgan fingerprint density at radius 1 is 0.508 bits per heavy atom. The summed E-state index contributed by atoms with van der Waals surface area (Å²) in [5.41, 5.74) is 17.1. The molecule has 3 aliphatic carbocycles. The predicted octanol–water partition coefficient (Wildman–Crippen LogP) is 15.3. The molecule has 6 aromatic carbocycles. The fourth-order valence-electron chi connectivity index (χ4n) is 9.66. The lowest BCUT2D eigenvalue weighted by Gasteiger charge is -2.21. The Kier molecular flexibility index (Phi) is 8.66. The van der Waals surface area contributed by atoms with Gasteiger partial charge in [-0.1, -0.05) is 172 Å². The highest BCUT2D eigenvalue weighted by molar-refractivity contribution is 6.20. The third-order valence-electron chi connectivity index (χ3n) is 12.8. The van der Waals surface area contributed by atoms with Gasteiger partial charge in [-0.05, 0) is 106 Å². The van der Waals surface area contributed by atoms with Crippen LogP contribution in [0, 0.1) is 11.8 Å². The van der Waals surface area contributed by atoms with Crippen LogP contribution in [-0.4, -0.2) is 9.13 Å². The molecule has 59 heavy (non-hydrogen) atoms. The number of hydrogen-bond donors (Lipinski definition) is 0. The van der Waals surface area contributed by atoms with Crippen LogP contribution in [0.25, 0.3) is 84.1 Å². The van der Waals surface area contributed by atoms with E-state index in [2.05, 4.69) is 223 Å². The molecule has 2 heterocycles. The van der Waals surface area contributed by atoms with E-state index in [0.717, 1.165) is 24.2 Å². The number of aromatic nitrogens is 2. The van der Waals surface area contributed by atoms with Gasteiger partial charge in [0, 0.05) is 39.0 Å². The van der Waals surface area contributed by atoms with Gasteiger partial charge in [-0.3, -0.25) is 0 Å². The van der Waals surface area contributed by atoms with Gasteiger partial charge in [0.25, 0.3) is 0 Å². The standard InChI is InChI=1S/C57H46N2/c1-38-21-23-40(24-22-38)41-25-27-42(28-26-41)45-35-46(43-29-31-44(32-30-43)49-16-10-9-13-39(49)2)37-48(36-45)59-55-19-8-4-7-17-50(55)53-34-33-52-51-18-11-12-20-54(51)58(56(52)57(53)59)47-14-5-3-6-15-47/h3,5-21,23-39,49H,4,22H2,1-2H3. The summed E-state index contributed by atoms with van der Waals surface area (Å²) < 4.78 is 5.02. The number of benzene rings is 6. The van der Waals surface area contributed by atoms with Crippen LogP contribution in [0.15, 0.2) is 188 Å². The molecule has 0 aliphatic heterocycles. The lowest BCUT2D eigenvalue weighted by atomic mass is 9.84.